The molecular weight excluding hydrogens is 466 g/mol. The van der Waals surface area contributed by atoms with Crippen LogP contribution in [-0.2, 0) is 22.7 Å². The van der Waals surface area contributed by atoms with Gasteiger partial charge in [-0.25, -0.2) is 4.79 Å². The first kappa shape index (κ1) is 24.8. The summed E-state index contributed by atoms with van der Waals surface area (Å²) < 4.78 is 11.9. The van der Waals surface area contributed by atoms with E-state index in [2.05, 4.69) is 4.98 Å². The third-order valence-electron chi connectivity index (χ3n) is 6.24. The first-order valence-electron chi connectivity index (χ1n) is 11.7. The third-order valence-corrected chi connectivity index (χ3v) is 6.24. The number of nitrogens with two attached hydrogens (primary N) is 1. The van der Waals surface area contributed by atoms with E-state index in [9.17, 15) is 19.2 Å². The molecule has 0 spiro atoms. The molecule has 1 aliphatic heterocycles. The van der Waals surface area contributed by atoms with Crippen LogP contribution in [0.3, 0.4) is 0 Å². The molecule has 3 aromatic rings. The number of nitrogens with zero attached hydrogens (tertiary/aromatic N) is 3. The quantitative estimate of drug-likeness (QED) is 0.463. The van der Waals surface area contributed by atoms with Gasteiger partial charge in [0.05, 0.1) is 25.8 Å². The molecule has 3 N–H and O–H groups in total. The van der Waals surface area contributed by atoms with Gasteiger partial charge in [-0.3, -0.25) is 28.8 Å². The third kappa shape index (κ3) is 4.90. The minimum Gasteiger partial charge on any atom is -0.497 e. The lowest BCUT2D eigenvalue weighted by atomic mass is 10.1. The molecule has 1 unspecified atom stereocenters. The maximum absolute atomic E-state index is 13.8. The van der Waals surface area contributed by atoms with Gasteiger partial charge >= 0.3 is 5.69 Å². The average molecular weight is 496 g/mol. The predicted octanol–water partition coefficient (Wildman–Crippen LogP) is 2.11. The topological polar surface area (TPSA) is 144 Å². The highest BCUT2D eigenvalue weighted by Crippen LogP contribution is 2.30. The maximum atomic E-state index is 13.8. The molecule has 11 heteroatoms. The van der Waals surface area contributed by atoms with Gasteiger partial charge in [0, 0.05) is 25.2 Å². The first-order valence-corrected chi connectivity index (χ1v) is 11.7. The summed E-state index contributed by atoms with van der Waals surface area (Å²) in [7, 11) is 1.55. The largest absolute Gasteiger partial charge is 0.497 e. The summed E-state index contributed by atoms with van der Waals surface area (Å²) in [5.41, 5.74) is 5.38. The number of nitrogens with one attached hydrogen (secondary N) is 1. The molecule has 1 atom stereocenters. The Bertz CT molecular complexity index is 1340. The van der Waals surface area contributed by atoms with Crippen LogP contribution >= 0.6 is 0 Å². The molecule has 4 rings (SSSR count). The standard InChI is InChI=1S/C25H29N5O6/c1-3-4-11-28-22(26)21(23(32)27-25(28)34)30(15-19-6-5-12-36-19)24(33)16-13-20(31)29(14-16)17-7-9-18(35-2)10-8-17/h5-10,12,16H,3-4,11,13-15,26H2,1-2H3,(H,27,32,34). The van der Waals surface area contributed by atoms with Crippen LogP contribution in [0, 0.1) is 5.92 Å². The van der Waals surface area contributed by atoms with Gasteiger partial charge in [-0.1, -0.05) is 13.3 Å². The van der Waals surface area contributed by atoms with E-state index in [-0.39, 0.29) is 36.9 Å². The number of anilines is 3. The molecule has 2 aromatic heterocycles. The van der Waals surface area contributed by atoms with Gasteiger partial charge in [-0.05, 0) is 42.8 Å². The number of hydrogen-bond donors (Lipinski definition) is 2. The summed E-state index contributed by atoms with van der Waals surface area (Å²) >= 11 is 0. The Kier molecular flexibility index (Phi) is 7.28. The lowest BCUT2D eigenvalue weighted by Crippen LogP contribution is -2.43. The molecule has 1 aromatic carbocycles. The van der Waals surface area contributed by atoms with Gasteiger partial charge in [0.2, 0.25) is 11.8 Å². The highest BCUT2D eigenvalue weighted by molar-refractivity contribution is 6.05. The second kappa shape index (κ2) is 10.5. The molecule has 0 bridgehead atoms. The number of ether oxygens (including phenoxy) is 1. The number of rotatable bonds is 9. The second-order valence-electron chi connectivity index (χ2n) is 8.61. The predicted molar refractivity (Wildman–Crippen MR) is 134 cm³/mol. The van der Waals surface area contributed by atoms with Gasteiger partial charge in [0.25, 0.3) is 5.56 Å². The molecule has 0 saturated carbocycles. The zero-order valence-corrected chi connectivity index (χ0v) is 20.2. The van der Waals surface area contributed by atoms with Gasteiger partial charge in [-0.15, -0.1) is 0 Å². The van der Waals surface area contributed by atoms with Crippen LogP contribution in [0.5, 0.6) is 5.75 Å². The fourth-order valence-corrected chi connectivity index (χ4v) is 4.31. The number of carbonyl (C=O) groups excluding carboxylic acids is 2. The van der Waals surface area contributed by atoms with Crippen LogP contribution < -0.4 is 31.5 Å². The maximum Gasteiger partial charge on any atom is 0.330 e. The number of methoxy groups -OCH3 is 1. The fourth-order valence-electron chi connectivity index (χ4n) is 4.31. The van der Waals surface area contributed by atoms with Crippen LogP contribution in [0.25, 0.3) is 0 Å². The Hall–Kier alpha value is -4.28. The smallest absolute Gasteiger partial charge is 0.330 e. The minimum atomic E-state index is -0.776. The van der Waals surface area contributed by atoms with Crippen molar-refractivity contribution in [2.45, 2.75) is 39.3 Å². The zero-order chi connectivity index (χ0) is 25.8. The van der Waals surface area contributed by atoms with Crippen molar-refractivity contribution in [2.75, 3.05) is 29.2 Å². The van der Waals surface area contributed by atoms with Crippen molar-refractivity contribution in [1.29, 1.82) is 0 Å². The summed E-state index contributed by atoms with van der Waals surface area (Å²) in [6.07, 6.45) is 2.89. The highest BCUT2D eigenvalue weighted by atomic mass is 16.5. The van der Waals surface area contributed by atoms with E-state index in [1.165, 1.54) is 20.6 Å². The number of carbonyl (C=O) groups is 2. The van der Waals surface area contributed by atoms with Crippen LogP contribution in [0.2, 0.25) is 0 Å². The van der Waals surface area contributed by atoms with Crippen LogP contribution in [-0.4, -0.2) is 35.0 Å². The van der Waals surface area contributed by atoms with Gasteiger partial charge in [0.1, 0.15) is 17.3 Å². The number of aromatic nitrogens is 2. The van der Waals surface area contributed by atoms with Crippen molar-refractivity contribution in [3.8, 4) is 5.75 Å². The summed E-state index contributed by atoms with van der Waals surface area (Å²) in [5.74, 6) is -0.446. The zero-order valence-electron chi connectivity index (χ0n) is 20.2. The Balaban J connectivity index is 1.69. The lowest BCUT2D eigenvalue weighted by molar-refractivity contribution is -0.124. The van der Waals surface area contributed by atoms with Crippen LogP contribution in [0.4, 0.5) is 17.2 Å². The summed E-state index contributed by atoms with van der Waals surface area (Å²) in [4.78, 5) is 57.0. The Morgan fingerprint density at radius 1 is 1.22 bits per heavy atom. The molecular formula is C25H29N5O6. The number of aromatic amines is 1. The average Bonchev–Trinajstić information content (AvgIpc) is 3.52. The summed E-state index contributed by atoms with van der Waals surface area (Å²) in [6, 6.07) is 10.3. The van der Waals surface area contributed by atoms with Crippen LogP contribution in [0.1, 0.15) is 31.9 Å². The van der Waals surface area contributed by atoms with Crippen LogP contribution in [0.15, 0.2) is 56.7 Å². The Morgan fingerprint density at radius 3 is 2.61 bits per heavy atom. The molecule has 3 heterocycles. The van der Waals surface area contributed by atoms with Gasteiger partial charge in [0.15, 0.2) is 5.69 Å². The van der Waals surface area contributed by atoms with E-state index >= 15 is 0 Å². The molecule has 1 fully saturated rings. The van der Waals surface area contributed by atoms with Crippen molar-refractivity contribution >= 4 is 29.0 Å². The highest BCUT2D eigenvalue weighted by Gasteiger charge is 2.39. The van der Waals surface area contributed by atoms with Crippen molar-refractivity contribution in [2.24, 2.45) is 5.92 Å². The van der Waals surface area contributed by atoms with Crippen molar-refractivity contribution < 1.29 is 18.7 Å². The molecule has 1 saturated heterocycles. The molecule has 0 aliphatic carbocycles. The number of furan rings is 1. The molecule has 36 heavy (non-hydrogen) atoms. The van der Waals surface area contributed by atoms with E-state index in [1.807, 2.05) is 6.92 Å². The summed E-state index contributed by atoms with van der Waals surface area (Å²) in [5, 5.41) is 0. The SMILES string of the molecule is CCCCn1c(N)c(N(Cc2ccco2)C(=O)C2CC(=O)N(c3ccc(OC)cc3)C2)c(=O)[nH]c1=O. The Labute approximate surface area is 207 Å². The van der Waals surface area contributed by atoms with E-state index in [0.29, 0.717) is 30.2 Å². The number of unbranched alkanes of at least 4 members (excludes halogenated alkanes) is 1. The normalized spacial score (nSPS) is 15.3. The van der Waals surface area contributed by atoms with E-state index in [4.69, 9.17) is 14.9 Å². The van der Waals surface area contributed by atoms with Crippen molar-refractivity contribution in [3.05, 3.63) is 69.3 Å². The lowest BCUT2D eigenvalue weighted by Gasteiger charge is -2.26. The monoisotopic (exact) mass is 495 g/mol. The van der Waals surface area contributed by atoms with Crippen molar-refractivity contribution in [3.63, 3.8) is 0 Å². The van der Waals surface area contributed by atoms with E-state index < -0.39 is 23.1 Å². The number of amides is 2. The van der Waals surface area contributed by atoms with Gasteiger partial charge < -0.3 is 19.8 Å². The molecule has 1 aliphatic rings. The number of H-pyrrole nitrogens is 1. The fraction of sp³-hybridized carbons (Fsp3) is 0.360. The Morgan fingerprint density at radius 2 is 1.97 bits per heavy atom. The van der Waals surface area contributed by atoms with E-state index in [1.54, 1.807) is 43.5 Å². The number of nitrogen functional groups attached to an aromatic ring is 1. The van der Waals surface area contributed by atoms with Gasteiger partial charge in [-0.2, -0.15) is 0 Å². The molecule has 2 amide bonds. The minimum absolute atomic E-state index is 0.0349. The second-order valence-corrected chi connectivity index (χ2v) is 8.61. The number of benzene rings is 1. The molecule has 11 nitrogen and oxygen atoms in total. The molecule has 190 valence electrons. The van der Waals surface area contributed by atoms with Crippen molar-refractivity contribution in [1.82, 2.24) is 9.55 Å². The summed E-state index contributed by atoms with van der Waals surface area (Å²) in [6.45, 7) is 2.30. The first-order chi connectivity index (χ1) is 17.3. The number of hydrogen-bond acceptors (Lipinski definition) is 7. The van der Waals surface area contributed by atoms with E-state index in [0.717, 1.165) is 6.42 Å². The molecule has 0 radical (unpaired) electrons.